The first-order valence-electron chi connectivity index (χ1n) is 6.06. The first-order chi connectivity index (χ1) is 9.13. The number of nitro groups is 1. The normalized spacial score (nSPS) is 12.5. The minimum atomic E-state index is -0.504. The van der Waals surface area contributed by atoms with Gasteiger partial charge in [0.1, 0.15) is 5.69 Å². The Labute approximate surface area is 114 Å². The fraction of sp³-hybridized carbons (Fsp3) is 0.417. The lowest BCUT2D eigenvalue weighted by Gasteiger charge is -2.12. The van der Waals surface area contributed by atoms with Crippen molar-refractivity contribution < 1.29 is 10.0 Å². The molecule has 2 aromatic rings. The lowest BCUT2D eigenvalue weighted by molar-refractivity contribution is -0.382. The molecule has 1 aromatic carbocycles. The van der Waals surface area contributed by atoms with Gasteiger partial charge in [0, 0.05) is 6.54 Å². The van der Waals surface area contributed by atoms with Gasteiger partial charge in [0.05, 0.1) is 21.2 Å². The SMILES string of the molecule is CCCC(O)CNc1ccc2scnc2c1[N+](=O)[O-]. The van der Waals surface area contributed by atoms with Crippen molar-refractivity contribution in [2.75, 3.05) is 11.9 Å². The van der Waals surface area contributed by atoms with Crippen LogP contribution in [0.3, 0.4) is 0 Å². The van der Waals surface area contributed by atoms with Gasteiger partial charge >= 0.3 is 5.69 Å². The standard InChI is InChI=1S/C12H15N3O3S/c1-2-3-8(16)6-13-9-4-5-10-11(14-7-19-10)12(9)15(17)18/h4-5,7-8,13,16H,2-3,6H2,1H3. The maximum Gasteiger partial charge on any atom is 0.319 e. The van der Waals surface area contributed by atoms with E-state index < -0.39 is 11.0 Å². The Bertz CT molecular complexity index is 585. The molecule has 0 aliphatic rings. The molecular formula is C12H15N3O3S. The van der Waals surface area contributed by atoms with Crippen LogP contribution in [-0.2, 0) is 0 Å². The van der Waals surface area contributed by atoms with Crippen LogP contribution in [0.4, 0.5) is 11.4 Å². The van der Waals surface area contributed by atoms with Gasteiger partial charge in [-0.25, -0.2) is 4.98 Å². The molecule has 1 heterocycles. The molecule has 102 valence electrons. The minimum absolute atomic E-state index is 0.0255. The molecule has 6 nitrogen and oxygen atoms in total. The van der Waals surface area contributed by atoms with Gasteiger partial charge in [0.2, 0.25) is 0 Å². The van der Waals surface area contributed by atoms with E-state index in [9.17, 15) is 15.2 Å². The van der Waals surface area contributed by atoms with Crippen molar-refractivity contribution in [1.29, 1.82) is 0 Å². The number of anilines is 1. The molecule has 1 unspecified atom stereocenters. The molecule has 0 aliphatic carbocycles. The van der Waals surface area contributed by atoms with Gasteiger partial charge in [-0.1, -0.05) is 13.3 Å². The van der Waals surface area contributed by atoms with E-state index in [0.29, 0.717) is 24.2 Å². The average molecular weight is 281 g/mol. The Balaban J connectivity index is 2.27. The lowest BCUT2D eigenvalue weighted by atomic mass is 10.2. The number of hydrogen-bond acceptors (Lipinski definition) is 6. The number of aliphatic hydroxyl groups excluding tert-OH is 1. The van der Waals surface area contributed by atoms with E-state index in [1.807, 2.05) is 6.92 Å². The summed E-state index contributed by atoms with van der Waals surface area (Å²) in [4.78, 5) is 14.8. The highest BCUT2D eigenvalue weighted by Gasteiger charge is 2.20. The van der Waals surface area contributed by atoms with Crippen LogP contribution in [0.25, 0.3) is 10.2 Å². The monoisotopic (exact) mass is 281 g/mol. The molecule has 2 rings (SSSR count). The maximum absolute atomic E-state index is 11.2. The number of nitrogens with one attached hydrogen (secondary N) is 1. The second-order valence-electron chi connectivity index (χ2n) is 4.24. The van der Waals surface area contributed by atoms with E-state index in [1.54, 1.807) is 17.6 Å². The Morgan fingerprint density at radius 3 is 3.05 bits per heavy atom. The Hall–Kier alpha value is -1.73. The van der Waals surface area contributed by atoms with Crippen LogP contribution in [0.15, 0.2) is 17.6 Å². The summed E-state index contributed by atoms with van der Waals surface area (Å²) in [7, 11) is 0. The molecule has 0 bridgehead atoms. The van der Waals surface area contributed by atoms with Crippen molar-refractivity contribution >= 4 is 32.9 Å². The number of hydrogen-bond donors (Lipinski definition) is 2. The highest BCUT2D eigenvalue weighted by Crippen LogP contribution is 2.34. The molecule has 1 atom stereocenters. The zero-order valence-electron chi connectivity index (χ0n) is 10.5. The number of thiazole rings is 1. The molecule has 19 heavy (non-hydrogen) atoms. The van der Waals surface area contributed by atoms with Crippen LogP contribution in [-0.4, -0.2) is 27.7 Å². The average Bonchev–Trinajstić information content (AvgIpc) is 2.83. The predicted molar refractivity (Wildman–Crippen MR) is 75.7 cm³/mol. The fourth-order valence-electron chi connectivity index (χ4n) is 1.91. The zero-order chi connectivity index (χ0) is 13.8. The van der Waals surface area contributed by atoms with Gasteiger partial charge < -0.3 is 10.4 Å². The first kappa shape index (κ1) is 13.7. The van der Waals surface area contributed by atoms with Crippen LogP contribution >= 0.6 is 11.3 Å². The van der Waals surface area contributed by atoms with Crippen LogP contribution in [0, 0.1) is 10.1 Å². The van der Waals surface area contributed by atoms with E-state index in [2.05, 4.69) is 10.3 Å². The summed E-state index contributed by atoms with van der Waals surface area (Å²) in [6, 6.07) is 3.46. The topological polar surface area (TPSA) is 88.3 Å². The Morgan fingerprint density at radius 2 is 2.37 bits per heavy atom. The van der Waals surface area contributed by atoms with Crippen molar-refractivity contribution in [2.24, 2.45) is 0 Å². The van der Waals surface area contributed by atoms with Gasteiger partial charge in [-0.05, 0) is 18.6 Å². The zero-order valence-corrected chi connectivity index (χ0v) is 11.3. The largest absolute Gasteiger partial charge is 0.391 e. The highest BCUT2D eigenvalue weighted by atomic mass is 32.1. The molecule has 0 fully saturated rings. The molecule has 1 aromatic heterocycles. The third-order valence-electron chi connectivity index (χ3n) is 2.81. The molecule has 7 heteroatoms. The van der Waals surface area contributed by atoms with Crippen molar-refractivity contribution in [2.45, 2.75) is 25.9 Å². The van der Waals surface area contributed by atoms with Crippen LogP contribution < -0.4 is 5.32 Å². The second kappa shape index (κ2) is 5.94. The summed E-state index contributed by atoms with van der Waals surface area (Å²) in [5, 5.41) is 23.8. The van der Waals surface area contributed by atoms with Gasteiger partial charge in [0.15, 0.2) is 5.52 Å². The molecular weight excluding hydrogens is 266 g/mol. The summed E-state index contributed by atoms with van der Waals surface area (Å²) >= 11 is 1.37. The maximum atomic E-state index is 11.2. The summed E-state index contributed by atoms with van der Waals surface area (Å²) < 4.78 is 0.784. The highest BCUT2D eigenvalue weighted by molar-refractivity contribution is 7.16. The van der Waals surface area contributed by atoms with Crippen LogP contribution in [0.2, 0.25) is 0 Å². The molecule has 0 saturated carbocycles. The van der Waals surface area contributed by atoms with E-state index in [-0.39, 0.29) is 5.69 Å². The summed E-state index contributed by atoms with van der Waals surface area (Å²) in [6.45, 7) is 2.28. The summed E-state index contributed by atoms with van der Waals surface area (Å²) in [5.74, 6) is 0. The van der Waals surface area contributed by atoms with Crippen LogP contribution in [0.5, 0.6) is 0 Å². The Morgan fingerprint density at radius 1 is 1.58 bits per heavy atom. The quantitative estimate of drug-likeness (QED) is 0.628. The van der Waals surface area contributed by atoms with Gasteiger partial charge in [-0.3, -0.25) is 10.1 Å². The summed E-state index contributed by atoms with van der Waals surface area (Å²) in [6.07, 6.45) is 1.03. The number of benzene rings is 1. The number of fused-ring (bicyclic) bond motifs is 1. The molecule has 0 saturated heterocycles. The predicted octanol–water partition coefficient (Wildman–Crippen LogP) is 2.78. The second-order valence-corrected chi connectivity index (χ2v) is 5.13. The lowest BCUT2D eigenvalue weighted by Crippen LogP contribution is -2.19. The third kappa shape index (κ3) is 2.99. The number of rotatable bonds is 6. The molecule has 0 radical (unpaired) electrons. The van der Waals surface area contributed by atoms with E-state index in [0.717, 1.165) is 11.1 Å². The molecule has 0 spiro atoms. The van der Waals surface area contributed by atoms with E-state index in [1.165, 1.54) is 11.3 Å². The van der Waals surface area contributed by atoms with Crippen molar-refractivity contribution in [3.8, 4) is 0 Å². The number of nitro benzene ring substituents is 1. The van der Waals surface area contributed by atoms with Gasteiger partial charge in [-0.2, -0.15) is 0 Å². The van der Waals surface area contributed by atoms with Gasteiger partial charge in [0.25, 0.3) is 0 Å². The molecule has 0 amide bonds. The Kier molecular flexibility index (Phi) is 4.28. The summed E-state index contributed by atoms with van der Waals surface area (Å²) in [5.41, 5.74) is 2.36. The van der Waals surface area contributed by atoms with Crippen molar-refractivity contribution in [1.82, 2.24) is 4.98 Å². The smallest absolute Gasteiger partial charge is 0.319 e. The molecule has 0 aliphatic heterocycles. The van der Waals surface area contributed by atoms with Crippen LogP contribution in [0.1, 0.15) is 19.8 Å². The number of aliphatic hydroxyl groups is 1. The number of aromatic nitrogens is 1. The van der Waals surface area contributed by atoms with Crippen molar-refractivity contribution in [3.63, 3.8) is 0 Å². The first-order valence-corrected chi connectivity index (χ1v) is 6.94. The van der Waals surface area contributed by atoms with E-state index >= 15 is 0 Å². The van der Waals surface area contributed by atoms with Gasteiger partial charge in [-0.15, -0.1) is 11.3 Å². The van der Waals surface area contributed by atoms with Crippen molar-refractivity contribution in [3.05, 3.63) is 27.8 Å². The molecule has 2 N–H and O–H groups in total. The number of nitrogens with zero attached hydrogens (tertiary/aromatic N) is 2. The third-order valence-corrected chi connectivity index (χ3v) is 3.60. The minimum Gasteiger partial charge on any atom is -0.391 e. The fourth-order valence-corrected chi connectivity index (χ4v) is 2.59. The van der Waals surface area contributed by atoms with E-state index in [4.69, 9.17) is 0 Å².